The number of benzene rings is 5. The molecule has 1 heterocycles. The topological polar surface area (TPSA) is 64.6 Å². The van der Waals surface area contributed by atoms with Crippen molar-refractivity contribution in [3.05, 3.63) is 175 Å². The van der Waals surface area contributed by atoms with E-state index in [1.807, 2.05) is 97.1 Å². The molecular formula is C47H54O7Si. The van der Waals surface area contributed by atoms with Crippen LogP contribution in [0.15, 0.2) is 164 Å². The van der Waals surface area contributed by atoms with Gasteiger partial charge in [-0.25, -0.2) is 9.78 Å². The highest BCUT2D eigenvalue weighted by Crippen LogP contribution is 2.38. The third-order valence-corrected chi connectivity index (χ3v) is 14.9. The van der Waals surface area contributed by atoms with Crippen molar-refractivity contribution in [3.8, 4) is 5.75 Å². The third-order valence-electron chi connectivity index (χ3n) is 9.85. The van der Waals surface area contributed by atoms with Gasteiger partial charge in [0.25, 0.3) is 8.32 Å². The molecule has 5 aromatic carbocycles. The maximum atomic E-state index is 7.50. The van der Waals surface area contributed by atoms with Crippen LogP contribution < -0.4 is 15.1 Å². The highest BCUT2D eigenvalue weighted by Gasteiger charge is 2.54. The van der Waals surface area contributed by atoms with E-state index in [0.717, 1.165) is 24.0 Å². The van der Waals surface area contributed by atoms with E-state index in [0.29, 0.717) is 25.6 Å². The Kier molecular flexibility index (Phi) is 14.6. The summed E-state index contributed by atoms with van der Waals surface area (Å²) in [5.41, 5.74) is 2.04. The van der Waals surface area contributed by atoms with Crippen LogP contribution in [0.2, 0.25) is 5.04 Å². The SMILES string of the molecule is C=CCCCOO[C@@H]1[C@H](Oc2ccccc2)O[C@H](CO[Si](c2ccccc2)(c2ccccc2)C(C)(C)C)[C@@H](OCc2ccccc2)[C@@H]1OCc1ccccc1. The Bertz CT molecular complexity index is 1780. The molecule has 0 radical (unpaired) electrons. The summed E-state index contributed by atoms with van der Waals surface area (Å²) in [4.78, 5) is 12.1. The molecule has 0 spiro atoms. The smallest absolute Gasteiger partial charge is 0.261 e. The van der Waals surface area contributed by atoms with E-state index in [4.69, 9.17) is 33.1 Å². The van der Waals surface area contributed by atoms with Crippen LogP contribution in [0, 0.1) is 0 Å². The van der Waals surface area contributed by atoms with Crippen molar-refractivity contribution in [3.63, 3.8) is 0 Å². The first-order valence-corrected chi connectivity index (χ1v) is 21.1. The van der Waals surface area contributed by atoms with Gasteiger partial charge >= 0.3 is 0 Å². The van der Waals surface area contributed by atoms with Crippen molar-refractivity contribution in [1.29, 1.82) is 0 Å². The summed E-state index contributed by atoms with van der Waals surface area (Å²) in [6, 6.07) is 51.0. The van der Waals surface area contributed by atoms with Crippen LogP contribution in [0.3, 0.4) is 0 Å². The fourth-order valence-corrected chi connectivity index (χ4v) is 11.7. The molecule has 0 amide bonds. The summed E-state index contributed by atoms with van der Waals surface area (Å²) in [5, 5.41) is 2.10. The van der Waals surface area contributed by atoms with Gasteiger partial charge in [-0.2, -0.15) is 0 Å². The summed E-state index contributed by atoms with van der Waals surface area (Å²) in [6.07, 6.45) is -0.278. The molecule has 0 unspecified atom stereocenters. The summed E-state index contributed by atoms with van der Waals surface area (Å²) in [7, 11) is -2.97. The van der Waals surface area contributed by atoms with Crippen molar-refractivity contribution >= 4 is 18.7 Å². The normalized spacial score (nSPS) is 20.2. The largest absolute Gasteiger partial charge is 0.462 e. The number of hydrogen-bond donors (Lipinski definition) is 0. The fraction of sp³-hybridized carbons (Fsp3) is 0.319. The first kappa shape index (κ1) is 40.3. The number of ether oxygens (including phenoxy) is 4. The predicted molar refractivity (Wildman–Crippen MR) is 220 cm³/mol. The molecule has 0 aliphatic carbocycles. The molecule has 6 rings (SSSR count). The monoisotopic (exact) mass is 758 g/mol. The molecule has 1 aliphatic heterocycles. The molecule has 0 aromatic heterocycles. The summed E-state index contributed by atoms with van der Waals surface area (Å²) in [6.45, 7) is 11.9. The van der Waals surface area contributed by atoms with E-state index in [1.165, 1.54) is 10.4 Å². The lowest BCUT2D eigenvalue weighted by Crippen LogP contribution is -2.68. The number of rotatable bonds is 19. The predicted octanol–water partition coefficient (Wildman–Crippen LogP) is 8.82. The van der Waals surface area contributed by atoms with Gasteiger partial charge in [-0.05, 0) is 51.5 Å². The second-order valence-electron chi connectivity index (χ2n) is 14.8. The first-order chi connectivity index (χ1) is 26.9. The minimum atomic E-state index is -2.97. The van der Waals surface area contributed by atoms with Crippen LogP contribution in [-0.2, 0) is 41.6 Å². The van der Waals surface area contributed by atoms with Crippen LogP contribution in [0.25, 0.3) is 0 Å². The molecule has 5 atom stereocenters. The lowest BCUT2D eigenvalue weighted by atomic mass is 9.98. The van der Waals surface area contributed by atoms with Crippen LogP contribution >= 0.6 is 0 Å². The molecule has 55 heavy (non-hydrogen) atoms. The van der Waals surface area contributed by atoms with E-state index in [2.05, 4.69) is 88.0 Å². The van der Waals surface area contributed by atoms with Gasteiger partial charge in [0, 0.05) is 0 Å². The van der Waals surface area contributed by atoms with E-state index in [1.54, 1.807) is 0 Å². The average Bonchev–Trinajstić information content (AvgIpc) is 3.22. The van der Waals surface area contributed by atoms with Gasteiger partial charge in [0.1, 0.15) is 24.1 Å². The van der Waals surface area contributed by atoms with Crippen molar-refractivity contribution < 1.29 is 33.1 Å². The Morgan fingerprint density at radius 3 is 1.64 bits per heavy atom. The maximum Gasteiger partial charge on any atom is 0.261 e. The Morgan fingerprint density at radius 2 is 1.13 bits per heavy atom. The second-order valence-corrected chi connectivity index (χ2v) is 19.1. The Labute approximate surface area is 327 Å². The van der Waals surface area contributed by atoms with Gasteiger partial charge < -0.3 is 23.4 Å². The third kappa shape index (κ3) is 10.5. The summed E-state index contributed by atoms with van der Waals surface area (Å²) in [5.74, 6) is 0.630. The van der Waals surface area contributed by atoms with Crippen LogP contribution in [-0.4, -0.2) is 52.2 Å². The van der Waals surface area contributed by atoms with Gasteiger partial charge in [0.05, 0.1) is 26.4 Å². The molecule has 0 saturated carbocycles. The molecule has 1 saturated heterocycles. The number of allylic oxidation sites excluding steroid dienone is 1. The molecule has 0 bridgehead atoms. The number of para-hydroxylation sites is 1. The minimum absolute atomic E-state index is 0.208. The van der Waals surface area contributed by atoms with Crippen molar-refractivity contribution in [2.75, 3.05) is 13.2 Å². The Morgan fingerprint density at radius 1 is 0.636 bits per heavy atom. The van der Waals surface area contributed by atoms with Gasteiger partial charge in [0.15, 0.2) is 6.10 Å². The van der Waals surface area contributed by atoms with E-state index < -0.39 is 39.0 Å². The quantitative estimate of drug-likeness (QED) is 0.0274. The van der Waals surface area contributed by atoms with Gasteiger partial charge in [-0.1, -0.05) is 166 Å². The van der Waals surface area contributed by atoms with Gasteiger partial charge in [-0.3, -0.25) is 0 Å². The van der Waals surface area contributed by atoms with E-state index in [9.17, 15) is 0 Å². The van der Waals surface area contributed by atoms with Gasteiger partial charge in [-0.15, -0.1) is 6.58 Å². The van der Waals surface area contributed by atoms with Crippen LogP contribution in [0.4, 0.5) is 0 Å². The lowest BCUT2D eigenvalue weighted by Gasteiger charge is -2.47. The Balaban J connectivity index is 1.41. The molecule has 7 nitrogen and oxygen atoms in total. The number of hydrogen-bond acceptors (Lipinski definition) is 7. The minimum Gasteiger partial charge on any atom is -0.462 e. The lowest BCUT2D eigenvalue weighted by molar-refractivity contribution is -0.404. The second kappa shape index (κ2) is 20.0. The first-order valence-electron chi connectivity index (χ1n) is 19.2. The zero-order valence-corrected chi connectivity index (χ0v) is 33.2. The molecular weight excluding hydrogens is 705 g/mol. The van der Waals surface area contributed by atoms with Crippen molar-refractivity contribution in [2.24, 2.45) is 0 Å². The molecule has 1 aliphatic rings. The summed E-state index contributed by atoms with van der Waals surface area (Å²) >= 11 is 0. The van der Waals surface area contributed by atoms with E-state index in [-0.39, 0.29) is 11.6 Å². The molecule has 1 fully saturated rings. The number of unbranched alkanes of at least 4 members (excludes halogenated alkanes) is 1. The molecule has 8 heteroatoms. The highest BCUT2D eigenvalue weighted by atomic mass is 28.4. The van der Waals surface area contributed by atoms with Crippen LogP contribution in [0.1, 0.15) is 44.7 Å². The Hall–Kier alpha value is -4.38. The summed E-state index contributed by atoms with van der Waals surface area (Å²) < 4.78 is 34.9. The molecule has 0 N–H and O–H groups in total. The molecule has 5 aromatic rings. The van der Waals surface area contributed by atoms with E-state index >= 15 is 0 Å². The van der Waals surface area contributed by atoms with Gasteiger partial charge in [0.2, 0.25) is 6.29 Å². The zero-order chi connectivity index (χ0) is 38.4. The zero-order valence-electron chi connectivity index (χ0n) is 32.2. The molecule has 288 valence electrons. The average molecular weight is 759 g/mol. The maximum absolute atomic E-state index is 7.50. The highest BCUT2D eigenvalue weighted by molar-refractivity contribution is 6.99. The van der Waals surface area contributed by atoms with Crippen molar-refractivity contribution in [1.82, 2.24) is 0 Å². The standard InChI is InChI=1S/C47H54O7Si/c1-5-6-22-33-50-54-45-44(49-35-38-25-14-8-15-26-38)43(48-34-37-23-12-7-13-24-37)42(53-46(45)52-39-27-16-9-17-28-39)36-51-55(47(2,3)4,40-29-18-10-19-30-40)41-31-20-11-21-32-41/h5,7-21,23-32,42-46H,1,6,22,33-36H2,2-4H3/t42-,43-,44+,45+,46-/m1/s1. The fourth-order valence-electron chi connectivity index (χ4n) is 7.15. The van der Waals surface area contributed by atoms with Crippen molar-refractivity contribution in [2.45, 2.75) is 82.6 Å². The van der Waals surface area contributed by atoms with Crippen LogP contribution in [0.5, 0.6) is 5.75 Å².